The standard InChI is InChI=1S/C8H5ClF3NO4/c1-16-4-2-3(14)7(17-8(10,11)12)13-5(4)6(9)15/h2,14H,1H3. The zero-order valence-electron chi connectivity index (χ0n) is 8.21. The largest absolute Gasteiger partial charge is 0.574 e. The number of aromatic nitrogens is 1. The minimum absolute atomic E-state index is 0.267. The molecule has 1 heterocycles. The number of alkyl halides is 3. The van der Waals surface area contributed by atoms with E-state index < -0.39 is 28.9 Å². The maximum atomic E-state index is 11.9. The SMILES string of the molecule is COc1cc(O)c(OC(F)(F)F)nc1C(=O)Cl. The topological polar surface area (TPSA) is 68.7 Å². The number of carbonyl (C=O) groups excluding carboxylic acids is 1. The molecule has 0 aliphatic carbocycles. The van der Waals surface area contributed by atoms with Crippen molar-refractivity contribution in [3.8, 4) is 17.4 Å². The van der Waals surface area contributed by atoms with Crippen molar-refractivity contribution in [3.63, 3.8) is 0 Å². The molecular weight excluding hydrogens is 267 g/mol. The molecule has 1 rings (SSSR count). The number of halogens is 4. The molecular formula is C8H5ClF3NO4. The van der Waals surface area contributed by atoms with Gasteiger partial charge in [-0.1, -0.05) is 0 Å². The zero-order valence-corrected chi connectivity index (χ0v) is 8.96. The molecule has 0 bridgehead atoms. The molecule has 0 atom stereocenters. The Kier molecular flexibility index (Phi) is 3.66. The van der Waals surface area contributed by atoms with Crippen LogP contribution in [0.1, 0.15) is 10.5 Å². The Morgan fingerprint density at radius 3 is 2.53 bits per heavy atom. The fourth-order valence-corrected chi connectivity index (χ4v) is 1.08. The van der Waals surface area contributed by atoms with Gasteiger partial charge >= 0.3 is 6.36 Å². The van der Waals surface area contributed by atoms with Crippen molar-refractivity contribution in [2.75, 3.05) is 7.11 Å². The first-order valence-corrected chi connectivity index (χ1v) is 4.36. The molecule has 94 valence electrons. The first kappa shape index (κ1) is 13.4. The third kappa shape index (κ3) is 3.38. The van der Waals surface area contributed by atoms with Crippen LogP contribution in [0.3, 0.4) is 0 Å². The van der Waals surface area contributed by atoms with Crippen molar-refractivity contribution in [2.45, 2.75) is 6.36 Å². The highest BCUT2D eigenvalue weighted by Gasteiger charge is 2.34. The average Bonchev–Trinajstić information content (AvgIpc) is 2.18. The van der Waals surface area contributed by atoms with Crippen LogP contribution in [0, 0.1) is 0 Å². The fourth-order valence-electron chi connectivity index (χ4n) is 0.949. The molecule has 5 nitrogen and oxygen atoms in total. The van der Waals surface area contributed by atoms with Crippen LogP contribution in [0.15, 0.2) is 6.07 Å². The van der Waals surface area contributed by atoms with Gasteiger partial charge < -0.3 is 14.6 Å². The fraction of sp³-hybridized carbons (Fsp3) is 0.250. The van der Waals surface area contributed by atoms with Crippen LogP contribution < -0.4 is 9.47 Å². The summed E-state index contributed by atoms with van der Waals surface area (Å²) >= 11 is 5.08. The molecule has 0 radical (unpaired) electrons. The summed E-state index contributed by atoms with van der Waals surface area (Å²) in [7, 11) is 1.13. The Bertz CT molecular complexity index is 449. The summed E-state index contributed by atoms with van der Waals surface area (Å²) in [5, 5.41) is 8.03. The van der Waals surface area contributed by atoms with E-state index in [9.17, 15) is 23.1 Å². The predicted molar refractivity (Wildman–Crippen MR) is 49.3 cm³/mol. The lowest BCUT2D eigenvalue weighted by Crippen LogP contribution is -2.18. The normalized spacial score (nSPS) is 11.1. The smallest absolute Gasteiger partial charge is 0.503 e. The van der Waals surface area contributed by atoms with Gasteiger partial charge in [-0.25, -0.2) is 4.98 Å². The maximum Gasteiger partial charge on any atom is 0.574 e. The lowest BCUT2D eigenvalue weighted by molar-refractivity contribution is -0.276. The third-order valence-electron chi connectivity index (χ3n) is 1.55. The van der Waals surface area contributed by atoms with Gasteiger partial charge in [0, 0.05) is 6.07 Å². The number of hydrogen-bond acceptors (Lipinski definition) is 5. The molecule has 0 unspecified atom stereocenters. The Labute approximate surface area is 97.7 Å². The van der Waals surface area contributed by atoms with E-state index in [0.29, 0.717) is 0 Å². The van der Waals surface area contributed by atoms with Gasteiger partial charge in [0.1, 0.15) is 0 Å². The molecule has 1 N–H and O–H groups in total. The van der Waals surface area contributed by atoms with E-state index in [4.69, 9.17) is 11.6 Å². The van der Waals surface area contributed by atoms with Crippen LogP contribution in [0.4, 0.5) is 13.2 Å². The summed E-state index contributed by atoms with van der Waals surface area (Å²) in [4.78, 5) is 14.0. The Balaban J connectivity index is 3.25. The number of pyridine rings is 1. The van der Waals surface area contributed by atoms with Gasteiger partial charge in [-0.05, 0) is 11.6 Å². The van der Waals surface area contributed by atoms with Gasteiger partial charge in [0.05, 0.1) is 7.11 Å². The lowest BCUT2D eigenvalue weighted by Gasteiger charge is -2.11. The maximum absolute atomic E-state index is 11.9. The van der Waals surface area contributed by atoms with Crippen molar-refractivity contribution < 1.29 is 32.5 Å². The first-order valence-electron chi connectivity index (χ1n) is 3.98. The molecule has 17 heavy (non-hydrogen) atoms. The average molecular weight is 272 g/mol. The van der Waals surface area contributed by atoms with Crippen molar-refractivity contribution in [1.29, 1.82) is 0 Å². The van der Waals surface area contributed by atoms with Gasteiger partial charge in [-0.15, -0.1) is 13.2 Å². The molecule has 0 saturated carbocycles. The second kappa shape index (κ2) is 4.66. The molecule has 0 spiro atoms. The number of hydrogen-bond donors (Lipinski definition) is 1. The van der Waals surface area contributed by atoms with E-state index in [2.05, 4.69) is 14.5 Å². The number of carbonyl (C=O) groups is 1. The lowest BCUT2D eigenvalue weighted by atomic mass is 10.3. The highest BCUT2D eigenvalue weighted by atomic mass is 35.5. The third-order valence-corrected chi connectivity index (χ3v) is 1.73. The zero-order chi connectivity index (χ0) is 13.2. The minimum Gasteiger partial charge on any atom is -0.503 e. The van der Waals surface area contributed by atoms with Crippen LogP contribution in [0.25, 0.3) is 0 Å². The van der Waals surface area contributed by atoms with Crippen molar-refractivity contribution in [1.82, 2.24) is 4.98 Å². The van der Waals surface area contributed by atoms with E-state index in [1.165, 1.54) is 0 Å². The van der Waals surface area contributed by atoms with Gasteiger partial charge in [-0.2, -0.15) is 0 Å². The van der Waals surface area contributed by atoms with Crippen LogP contribution in [-0.2, 0) is 0 Å². The van der Waals surface area contributed by atoms with Crippen molar-refractivity contribution in [3.05, 3.63) is 11.8 Å². The van der Waals surface area contributed by atoms with Crippen molar-refractivity contribution >= 4 is 16.8 Å². The van der Waals surface area contributed by atoms with Crippen LogP contribution in [0.5, 0.6) is 17.4 Å². The number of aromatic hydroxyl groups is 1. The monoisotopic (exact) mass is 271 g/mol. The van der Waals surface area contributed by atoms with E-state index in [0.717, 1.165) is 13.2 Å². The summed E-state index contributed by atoms with van der Waals surface area (Å²) in [5.41, 5.74) is -0.591. The van der Waals surface area contributed by atoms with Crippen LogP contribution in [-0.4, -0.2) is 28.8 Å². The summed E-state index contributed by atoms with van der Waals surface area (Å²) in [6.07, 6.45) is -5.05. The highest BCUT2D eigenvalue weighted by molar-refractivity contribution is 6.67. The molecule has 0 amide bonds. The molecule has 0 saturated heterocycles. The summed E-state index contributed by atoms with van der Waals surface area (Å²) < 4.78 is 43.7. The quantitative estimate of drug-likeness (QED) is 0.852. The second-order valence-electron chi connectivity index (χ2n) is 2.69. The van der Waals surface area contributed by atoms with Crippen molar-refractivity contribution in [2.24, 2.45) is 0 Å². The molecule has 0 aliphatic heterocycles. The predicted octanol–water partition coefficient (Wildman–Crippen LogP) is 2.07. The number of rotatable bonds is 3. The van der Waals surface area contributed by atoms with E-state index in [1.54, 1.807) is 0 Å². The molecule has 1 aromatic heterocycles. The number of methoxy groups -OCH3 is 1. The van der Waals surface area contributed by atoms with Crippen LogP contribution >= 0.6 is 11.6 Å². The highest BCUT2D eigenvalue weighted by Crippen LogP contribution is 2.34. The number of nitrogens with zero attached hydrogens (tertiary/aromatic N) is 1. The van der Waals surface area contributed by atoms with Gasteiger partial charge in [-0.3, -0.25) is 4.79 Å². The number of ether oxygens (including phenoxy) is 2. The molecule has 0 aromatic carbocycles. The van der Waals surface area contributed by atoms with Gasteiger partial charge in [0.25, 0.3) is 11.1 Å². The summed E-state index contributed by atoms with van der Waals surface area (Å²) in [6, 6.07) is 0.740. The Morgan fingerprint density at radius 2 is 2.12 bits per heavy atom. The molecule has 0 aliphatic rings. The molecule has 1 aromatic rings. The van der Waals surface area contributed by atoms with E-state index in [-0.39, 0.29) is 5.75 Å². The second-order valence-corrected chi connectivity index (χ2v) is 3.03. The summed E-state index contributed by atoms with van der Waals surface area (Å²) in [5.74, 6) is -2.37. The Hall–Kier alpha value is -1.70. The van der Waals surface area contributed by atoms with Gasteiger partial charge in [0.2, 0.25) is 0 Å². The summed E-state index contributed by atoms with van der Waals surface area (Å²) in [6.45, 7) is 0. The minimum atomic E-state index is -5.05. The molecule has 9 heteroatoms. The van der Waals surface area contributed by atoms with Crippen LogP contribution in [0.2, 0.25) is 0 Å². The molecule has 0 fully saturated rings. The van der Waals surface area contributed by atoms with E-state index >= 15 is 0 Å². The van der Waals surface area contributed by atoms with E-state index in [1.807, 2.05) is 0 Å². The van der Waals surface area contributed by atoms with Gasteiger partial charge in [0.15, 0.2) is 17.2 Å². The first-order chi connectivity index (χ1) is 7.74. The Morgan fingerprint density at radius 1 is 1.53 bits per heavy atom.